The predicted molar refractivity (Wildman–Crippen MR) is 88.4 cm³/mol. The SMILES string of the molecule is Cn1c(=O)oc2cc(S(=O)(=O)Nc3ccc4nc[nH]c4c3)ccc21. The summed E-state index contributed by atoms with van der Waals surface area (Å²) in [7, 11) is -2.26. The lowest BCUT2D eigenvalue weighted by molar-refractivity contribution is 0.527. The summed E-state index contributed by atoms with van der Waals surface area (Å²) in [6, 6.07) is 9.28. The fraction of sp³-hybridized carbons (Fsp3) is 0.0667. The first-order chi connectivity index (χ1) is 11.4. The van der Waals surface area contributed by atoms with Crippen LogP contribution >= 0.6 is 0 Å². The van der Waals surface area contributed by atoms with Gasteiger partial charge < -0.3 is 9.40 Å². The number of hydrogen-bond donors (Lipinski definition) is 2. The van der Waals surface area contributed by atoms with Gasteiger partial charge in [0, 0.05) is 13.1 Å². The number of imidazole rings is 1. The van der Waals surface area contributed by atoms with Gasteiger partial charge in [0.05, 0.1) is 33.5 Å². The zero-order valence-corrected chi connectivity index (χ0v) is 13.3. The second-order valence-corrected chi connectivity index (χ2v) is 6.98. The number of nitrogens with zero attached hydrogens (tertiary/aromatic N) is 2. The molecular weight excluding hydrogens is 332 g/mol. The van der Waals surface area contributed by atoms with Gasteiger partial charge in [-0.15, -0.1) is 0 Å². The number of aryl methyl sites for hydroxylation is 1. The van der Waals surface area contributed by atoms with E-state index in [-0.39, 0.29) is 10.5 Å². The largest absolute Gasteiger partial charge is 0.419 e. The van der Waals surface area contributed by atoms with Crippen LogP contribution in [-0.2, 0) is 17.1 Å². The molecule has 4 aromatic rings. The second kappa shape index (κ2) is 4.96. The van der Waals surface area contributed by atoms with Crippen LogP contribution in [0.3, 0.4) is 0 Å². The Morgan fingerprint density at radius 1 is 1.21 bits per heavy atom. The molecule has 2 N–H and O–H groups in total. The molecule has 122 valence electrons. The first kappa shape index (κ1) is 14.5. The molecule has 0 saturated heterocycles. The van der Waals surface area contributed by atoms with Gasteiger partial charge in [-0.3, -0.25) is 9.29 Å². The highest BCUT2D eigenvalue weighted by Crippen LogP contribution is 2.22. The first-order valence-corrected chi connectivity index (χ1v) is 8.48. The van der Waals surface area contributed by atoms with Crippen LogP contribution in [0.1, 0.15) is 0 Å². The van der Waals surface area contributed by atoms with E-state index in [0.717, 1.165) is 11.0 Å². The molecule has 0 bridgehead atoms. The van der Waals surface area contributed by atoms with Gasteiger partial charge in [0.2, 0.25) is 0 Å². The van der Waals surface area contributed by atoms with E-state index in [2.05, 4.69) is 14.7 Å². The summed E-state index contributed by atoms with van der Waals surface area (Å²) >= 11 is 0. The molecule has 0 radical (unpaired) electrons. The van der Waals surface area contributed by atoms with Crippen LogP contribution < -0.4 is 10.5 Å². The van der Waals surface area contributed by atoms with E-state index < -0.39 is 15.8 Å². The summed E-state index contributed by atoms with van der Waals surface area (Å²) in [5.41, 5.74) is 2.61. The lowest BCUT2D eigenvalue weighted by Gasteiger charge is -2.08. The standard InChI is InChI=1S/C15H12N4O4S/c1-19-13-5-3-10(7-14(13)23-15(19)20)24(21,22)18-9-2-4-11-12(6-9)17-8-16-11/h2-8,18H,1H3,(H,16,17). The number of aromatic amines is 1. The Labute approximate surface area is 135 Å². The fourth-order valence-electron chi connectivity index (χ4n) is 2.49. The highest BCUT2D eigenvalue weighted by atomic mass is 32.2. The third-order valence-electron chi connectivity index (χ3n) is 3.75. The van der Waals surface area contributed by atoms with Crippen molar-refractivity contribution in [3.63, 3.8) is 0 Å². The lowest BCUT2D eigenvalue weighted by atomic mass is 10.3. The zero-order valence-electron chi connectivity index (χ0n) is 12.5. The second-order valence-electron chi connectivity index (χ2n) is 5.30. The van der Waals surface area contributed by atoms with Crippen LogP contribution in [0.2, 0.25) is 0 Å². The van der Waals surface area contributed by atoms with E-state index in [9.17, 15) is 13.2 Å². The normalized spacial score (nSPS) is 12.0. The minimum atomic E-state index is -3.82. The smallest absolute Gasteiger partial charge is 0.408 e. The third kappa shape index (κ3) is 2.26. The number of nitrogens with one attached hydrogen (secondary N) is 2. The minimum absolute atomic E-state index is 0.00839. The van der Waals surface area contributed by atoms with Crippen molar-refractivity contribution in [2.24, 2.45) is 7.05 Å². The average Bonchev–Trinajstić information content (AvgIpc) is 3.11. The highest BCUT2D eigenvalue weighted by molar-refractivity contribution is 7.92. The van der Waals surface area contributed by atoms with Crippen molar-refractivity contribution >= 4 is 37.8 Å². The fourth-order valence-corrected chi connectivity index (χ4v) is 3.56. The van der Waals surface area contributed by atoms with E-state index >= 15 is 0 Å². The van der Waals surface area contributed by atoms with Crippen LogP contribution in [0.15, 0.2) is 56.8 Å². The summed E-state index contributed by atoms with van der Waals surface area (Å²) in [5, 5.41) is 0. The Bertz CT molecular complexity index is 1230. The van der Waals surface area contributed by atoms with Crippen molar-refractivity contribution in [2.45, 2.75) is 4.90 Å². The van der Waals surface area contributed by atoms with Crippen molar-refractivity contribution in [2.75, 3.05) is 4.72 Å². The summed E-state index contributed by atoms with van der Waals surface area (Å²) in [6.07, 6.45) is 1.54. The van der Waals surface area contributed by atoms with Gasteiger partial charge in [-0.2, -0.15) is 0 Å². The van der Waals surface area contributed by atoms with E-state index in [1.54, 1.807) is 25.2 Å². The summed E-state index contributed by atoms with van der Waals surface area (Å²) in [6.45, 7) is 0. The topological polar surface area (TPSA) is 110 Å². The van der Waals surface area contributed by atoms with E-state index in [0.29, 0.717) is 11.2 Å². The monoisotopic (exact) mass is 344 g/mol. The molecule has 0 unspecified atom stereocenters. The van der Waals surface area contributed by atoms with E-state index in [1.165, 1.54) is 29.1 Å². The van der Waals surface area contributed by atoms with Gasteiger partial charge in [0.15, 0.2) is 5.58 Å². The van der Waals surface area contributed by atoms with Crippen molar-refractivity contribution in [3.8, 4) is 0 Å². The molecule has 2 aromatic carbocycles. The molecule has 0 spiro atoms. The Balaban J connectivity index is 1.75. The van der Waals surface area contributed by atoms with Gasteiger partial charge in [-0.1, -0.05) is 0 Å². The summed E-state index contributed by atoms with van der Waals surface area (Å²) < 4.78 is 33.9. The van der Waals surface area contributed by atoms with Crippen molar-refractivity contribution in [1.29, 1.82) is 0 Å². The molecule has 9 heteroatoms. The lowest BCUT2D eigenvalue weighted by Crippen LogP contribution is -2.12. The number of anilines is 1. The molecular formula is C15H12N4O4S. The molecule has 0 amide bonds. The van der Waals surface area contributed by atoms with Crippen LogP contribution in [0, 0.1) is 0 Å². The van der Waals surface area contributed by atoms with Crippen molar-refractivity contribution < 1.29 is 12.8 Å². The maximum absolute atomic E-state index is 12.5. The molecule has 0 atom stereocenters. The molecule has 0 saturated carbocycles. The number of fused-ring (bicyclic) bond motifs is 2. The van der Waals surface area contributed by atoms with Crippen molar-refractivity contribution in [1.82, 2.24) is 14.5 Å². The molecule has 0 fully saturated rings. The van der Waals surface area contributed by atoms with Crippen LogP contribution in [0.25, 0.3) is 22.1 Å². The molecule has 2 aromatic heterocycles. The molecule has 0 aliphatic carbocycles. The van der Waals surface area contributed by atoms with Gasteiger partial charge in [-0.05, 0) is 30.3 Å². The first-order valence-electron chi connectivity index (χ1n) is 6.99. The third-order valence-corrected chi connectivity index (χ3v) is 5.13. The van der Waals surface area contributed by atoms with E-state index in [4.69, 9.17) is 4.42 Å². The Hall–Kier alpha value is -3.07. The molecule has 0 aliphatic heterocycles. The van der Waals surface area contributed by atoms with Crippen LogP contribution in [-0.4, -0.2) is 23.0 Å². The van der Waals surface area contributed by atoms with Crippen molar-refractivity contribution in [3.05, 3.63) is 53.3 Å². The number of aromatic nitrogens is 3. The van der Waals surface area contributed by atoms with Gasteiger partial charge in [0.25, 0.3) is 10.0 Å². The number of benzene rings is 2. The zero-order chi connectivity index (χ0) is 16.9. The maximum atomic E-state index is 12.5. The average molecular weight is 344 g/mol. The number of hydrogen-bond acceptors (Lipinski definition) is 5. The summed E-state index contributed by atoms with van der Waals surface area (Å²) in [5.74, 6) is -0.544. The molecule has 0 aliphatic rings. The maximum Gasteiger partial charge on any atom is 0.419 e. The molecule has 4 rings (SSSR count). The minimum Gasteiger partial charge on any atom is -0.408 e. The Kier molecular flexibility index (Phi) is 3.00. The quantitative estimate of drug-likeness (QED) is 0.589. The number of rotatable bonds is 3. The van der Waals surface area contributed by atoms with E-state index in [1.807, 2.05) is 0 Å². The van der Waals surface area contributed by atoms with Gasteiger partial charge in [0.1, 0.15) is 0 Å². The number of sulfonamides is 1. The Morgan fingerprint density at radius 2 is 2.04 bits per heavy atom. The summed E-state index contributed by atoms with van der Waals surface area (Å²) in [4.78, 5) is 18.5. The van der Waals surface area contributed by atoms with Crippen LogP contribution in [0.4, 0.5) is 5.69 Å². The Morgan fingerprint density at radius 3 is 2.88 bits per heavy atom. The van der Waals surface area contributed by atoms with Gasteiger partial charge >= 0.3 is 5.76 Å². The number of H-pyrrole nitrogens is 1. The number of oxazole rings is 1. The molecule has 8 nitrogen and oxygen atoms in total. The predicted octanol–water partition coefficient (Wildman–Crippen LogP) is 1.81. The molecule has 24 heavy (non-hydrogen) atoms. The molecule has 2 heterocycles. The van der Waals surface area contributed by atoms with Crippen LogP contribution in [0.5, 0.6) is 0 Å². The van der Waals surface area contributed by atoms with Gasteiger partial charge in [-0.25, -0.2) is 18.2 Å². The highest BCUT2D eigenvalue weighted by Gasteiger charge is 2.17.